The fraction of sp³-hybridized carbons (Fsp3) is 0.938. The van der Waals surface area contributed by atoms with Gasteiger partial charge in [0.1, 0.15) is 0 Å². The smallest absolute Gasteiger partial charge is 0.306 e. The highest BCUT2D eigenvalue weighted by Crippen LogP contribution is 2.39. The maximum atomic E-state index is 11.7. The highest BCUT2D eigenvalue weighted by Gasteiger charge is 2.37. The zero-order valence-corrected chi connectivity index (χ0v) is 12.5. The molecular weight excluding hydrogens is 256 g/mol. The van der Waals surface area contributed by atoms with Gasteiger partial charge >= 0.3 is 5.97 Å². The summed E-state index contributed by atoms with van der Waals surface area (Å²) >= 11 is 0. The molecule has 0 radical (unpaired) electrons. The number of aliphatic hydroxyl groups excluding tert-OH is 2. The predicted octanol–water partition coefficient (Wildman–Crippen LogP) is 2.41. The lowest BCUT2D eigenvalue weighted by Gasteiger charge is -2.24. The third-order valence-electron chi connectivity index (χ3n) is 4.88. The molecule has 0 spiro atoms. The maximum absolute atomic E-state index is 11.7. The summed E-state index contributed by atoms with van der Waals surface area (Å²) in [7, 11) is 0. The number of cyclic esters (lactones) is 1. The van der Waals surface area contributed by atoms with E-state index in [0.717, 1.165) is 38.5 Å². The molecule has 116 valence electrons. The van der Waals surface area contributed by atoms with Gasteiger partial charge in [0.25, 0.3) is 0 Å². The second-order valence-electron chi connectivity index (χ2n) is 6.59. The van der Waals surface area contributed by atoms with Crippen LogP contribution in [0.1, 0.15) is 64.7 Å². The molecule has 1 aliphatic heterocycles. The Bertz CT molecular complexity index is 318. The van der Waals surface area contributed by atoms with E-state index in [1.54, 1.807) is 0 Å². The zero-order valence-electron chi connectivity index (χ0n) is 12.5. The summed E-state index contributed by atoms with van der Waals surface area (Å²) in [4.78, 5) is 11.7. The predicted molar refractivity (Wildman–Crippen MR) is 76.1 cm³/mol. The van der Waals surface area contributed by atoms with Crippen LogP contribution in [0.2, 0.25) is 0 Å². The van der Waals surface area contributed by atoms with Gasteiger partial charge in [-0.15, -0.1) is 0 Å². The number of ether oxygens (including phenoxy) is 1. The Morgan fingerprint density at radius 2 is 1.80 bits per heavy atom. The molecule has 1 saturated heterocycles. The molecule has 1 aliphatic carbocycles. The van der Waals surface area contributed by atoms with Gasteiger partial charge in [0.05, 0.1) is 18.3 Å². The Balaban J connectivity index is 1.96. The van der Waals surface area contributed by atoms with Gasteiger partial charge < -0.3 is 14.9 Å². The van der Waals surface area contributed by atoms with Crippen LogP contribution in [0.4, 0.5) is 0 Å². The number of rotatable bonds is 0. The molecular formula is C16H28O4. The average molecular weight is 284 g/mol. The van der Waals surface area contributed by atoms with Crippen molar-refractivity contribution in [3.8, 4) is 0 Å². The van der Waals surface area contributed by atoms with Crippen molar-refractivity contribution in [1.82, 2.24) is 0 Å². The zero-order chi connectivity index (χ0) is 14.5. The Kier molecular flexibility index (Phi) is 5.85. The maximum Gasteiger partial charge on any atom is 0.306 e. The van der Waals surface area contributed by atoms with Gasteiger partial charge in [0, 0.05) is 6.42 Å². The minimum absolute atomic E-state index is 0.0123. The molecule has 0 unspecified atom stereocenters. The molecule has 2 N–H and O–H groups in total. The first-order chi connectivity index (χ1) is 9.56. The van der Waals surface area contributed by atoms with Gasteiger partial charge in [-0.2, -0.15) is 0 Å². The Morgan fingerprint density at radius 3 is 2.60 bits per heavy atom. The Morgan fingerprint density at radius 1 is 1.05 bits per heavy atom. The molecule has 0 aromatic carbocycles. The third kappa shape index (κ3) is 4.45. The summed E-state index contributed by atoms with van der Waals surface area (Å²) in [5, 5.41) is 20.2. The molecule has 5 atom stereocenters. The van der Waals surface area contributed by atoms with E-state index in [4.69, 9.17) is 4.74 Å². The van der Waals surface area contributed by atoms with Crippen molar-refractivity contribution in [3.05, 3.63) is 0 Å². The topological polar surface area (TPSA) is 66.8 Å². The number of hydrogen-bond acceptors (Lipinski definition) is 4. The molecule has 0 bridgehead atoms. The molecule has 2 aliphatic rings. The van der Waals surface area contributed by atoms with Gasteiger partial charge in [0.15, 0.2) is 0 Å². The number of carbonyl (C=O) groups excluding carboxylic acids is 1. The van der Waals surface area contributed by atoms with Crippen molar-refractivity contribution in [2.45, 2.75) is 83.0 Å². The minimum Gasteiger partial charge on any atom is -0.463 e. The monoisotopic (exact) mass is 284 g/mol. The standard InChI is InChI=1S/C16H28O4/c1-11-5-3-2-4-6-12-9-13(17)10-14(12)15(18)7-8-16(19)20-11/h11-15,17-18H,2-10H2,1H3/t11-,12+,13-,14+,15+/m0/s1. The summed E-state index contributed by atoms with van der Waals surface area (Å²) in [6.07, 6.45) is 6.81. The van der Waals surface area contributed by atoms with Crippen molar-refractivity contribution >= 4 is 5.97 Å². The highest BCUT2D eigenvalue weighted by molar-refractivity contribution is 5.69. The largest absolute Gasteiger partial charge is 0.463 e. The van der Waals surface area contributed by atoms with Crippen LogP contribution in [0.3, 0.4) is 0 Å². The average Bonchev–Trinajstić information content (AvgIpc) is 2.76. The van der Waals surface area contributed by atoms with E-state index in [0.29, 0.717) is 18.8 Å². The van der Waals surface area contributed by atoms with E-state index in [2.05, 4.69) is 0 Å². The van der Waals surface area contributed by atoms with Crippen LogP contribution in [0, 0.1) is 11.8 Å². The normalized spacial score (nSPS) is 41.0. The molecule has 2 fully saturated rings. The lowest BCUT2D eigenvalue weighted by molar-refractivity contribution is -0.149. The van der Waals surface area contributed by atoms with Crippen LogP contribution in [0.25, 0.3) is 0 Å². The molecule has 0 aromatic rings. The molecule has 2 rings (SSSR count). The molecule has 4 heteroatoms. The first-order valence-corrected chi connectivity index (χ1v) is 8.12. The van der Waals surface area contributed by atoms with E-state index in [9.17, 15) is 15.0 Å². The van der Waals surface area contributed by atoms with Crippen molar-refractivity contribution in [2.75, 3.05) is 0 Å². The van der Waals surface area contributed by atoms with Crippen LogP contribution in [-0.4, -0.2) is 34.5 Å². The summed E-state index contributed by atoms with van der Waals surface area (Å²) in [6.45, 7) is 1.94. The van der Waals surface area contributed by atoms with Crippen LogP contribution < -0.4 is 0 Å². The number of hydrogen-bond donors (Lipinski definition) is 2. The van der Waals surface area contributed by atoms with Crippen LogP contribution in [0.15, 0.2) is 0 Å². The minimum atomic E-state index is -0.485. The van der Waals surface area contributed by atoms with E-state index in [1.165, 1.54) is 0 Å². The van der Waals surface area contributed by atoms with Crippen molar-refractivity contribution < 1.29 is 19.7 Å². The SMILES string of the molecule is C[C@H]1CCCCC[C@@H]2C[C@H](O)C[C@H]2[C@H](O)CCC(=O)O1. The highest BCUT2D eigenvalue weighted by atomic mass is 16.5. The third-order valence-corrected chi connectivity index (χ3v) is 4.88. The summed E-state index contributed by atoms with van der Waals surface area (Å²) < 4.78 is 5.35. The van der Waals surface area contributed by atoms with E-state index in [-0.39, 0.29) is 30.5 Å². The molecule has 20 heavy (non-hydrogen) atoms. The van der Waals surface area contributed by atoms with Gasteiger partial charge in [-0.05, 0) is 57.3 Å². The molecule has 1 saturated carbocycles. The Hall–Kier alpha value is -0.610. The van der Waals surface area contributed by atoms with Gasteiger partial charge in [-0.1, -0.05) is 12.8 Å². The van der Waals surface area contributed by atoms with Crippen molar-refractivity contribution in [3.63, 3.8) is 0 Å². The quantitative estimate of drug-likeness (QED) is 0.670. The first kappa shape index (κ1) is 15.8. The number of carbonyl (C=O) groups is 1. The summed E-state index contributed by atoms with van der Waals surface area (Å²) in [5.41, 5.74) is 0. The van der Waals surface area contributed by atoms with E-state index in [1.807, 2.05) is 6.92 Å². The first-order valence-electron chi connectivity index (χ1n) is 8.12. The number of aliphatic hydroxyl groups is 2. The molecule has 4 nitrogen and oxygen atoms in total. The van der Waals surface area contributed by atoms with Gasteiger partial charge in [0.2, 0.25) is 0 Å². The molecule has 0 aromatic heterocycles. The number of fused-ring (bicyclic) bond motifs is 1. The molecule has 0 amide bonds. The van der Waals surface area contributed by atoms with Gasteiger partial charge in [-0.25, -0.2) is 0 Å². The molecule has 1 heterocycles. The van der Waals surface area contributed by atoms with Gasteiger partial charge in [-0.3, -0.25) is 4.79 Å². The lowest BCUT2D eigenvalue weighted by Crippen LogP contribution is -2.25. The fourth-order valence-corrected chi connectivity index (χ4v) is 3.77. The summed E-state index contributed by atoms with van der Waals surface area (Å²) in [6, 6.07) is 0. The van der Waals surface area contributed by atoms with E-state index < -0.39 is 6.10 Å². The van der Waals surface area contributed by atoms with Crippen molar-refractivity contribution in [2.24, 2.45) is 11.8 Å². The van der Waals surface area contributed by atoms with Crippen LogP contribution in [-0.2, 0) is 9.53 Å². The van der Waals surface area contributed by atoms with Crippen LogP contribution >= 0.6 is 0 Å². The van der Waals surface area contributed by atoms with Crippen LogP contribution in [0.5, 0.6) is 0 Å². The Labute approximate surface area is 121 Å². The summed E-state index contributed by atoms with van der Waals surface area (Å²) in [5.74, 6) is 0.357. The van der Waals surface area contributed by atoms with E-state index >= 15 is 0 Å². The second kappa shape index (κ2) is 7.41. The lowest BCUT2D eigenvalue weighted by atomic mass is 9.85. The number of esters is 1. The second-order valence-corrected chi connectivity index (χ2v) is 6.59. The fourth-order valence-electron chi connectivity index (χ4n) is 3.77. The van der Waals surface area contributed by atoms with Crippen molar-refractivity contribution in [1.29, 1.82) is 0 Å².